The van der Waals surface area contributed by atoms with Gasteiger partial charge in [0, 0.05) is 6.07 Å². The number of hydrogen-bond acceptors (Lipinski definition) is 8. The predicted octanol–water partition coefficient (Wildman–Crippen LogP) is 4.01. The van der Waals surface area contributed by atoms with E-state index in [4.69, 9.17) is 9.68 Å². The van der Waals surface area contributed by atoms with Crippen LogP contribution in [-0.4, -0.2) is 15.7 Å². The van der Waals surface area contributed by atoms with Crippen LogP contribution in [0, 0.1) is 21.4 Å². The number of aromatic nitrogens is 1. The van der Waals surface area contributed by atoms with Crippen LogP contribution >= 0.6 is 0 Å². The molecule has 0 fully saturated rings. The molecule has 1 N–H and O–H groups in total. The van der Waals surface area contributed by atoms with Crippen molar-refractivity contribution in [2.24, 2.45) is 15.3 Å². The summed E-state index contributed by atoms with van der Waals surface area (Å²) in [6.07, 6.45) is 2.55. The second-order valence-corrected chi connectivity index (χ2v) is 5.05. The fourth-order valence-corrected chi connectivity index (χ4v) is 1.91. The highest BCUT2D eigenvalue weighted by molar-refractivity contribution is 5.97. The molecule has 0 amide bonds. The van der Waals surface area contributed by atoms with Gasteiger partial charge < -0.3 is 4.42 Å². The molecule has 1 aromatic carbocycles. The Labute approximate surface area is 152 Å². The number of azo groups is 1. The minimum Gasteiger partial charge on any atom is -0.461 e. The zero-order valence-corrected chi connectivity index (χ0v) is 13.7. The van der Waals surface area contributed by atoms with Crippen molar-refractivity contribution in [2.45, 2.75) is 0 Å². The number of anilines is 1. The van der Waals surface area contributed by atoms with Gasteiger partial charge in [-0.3, -0.25) is 15.5 Å². The predicted molar refractivity (Wildman–Crippen MR) is 95.4 cm³/mol. The number of furan rings is 1. The molecule has 0 atom stereocenters. The molecule has 132 valence electrons. The Bertz CT molecular complexity index is 1020. The van der Waals surface area contributed by atoms with Crippen molar-refractivity contribution in [1.29, 1.82) is 5.26 Å². The number of nitro groups is 1. The maximum absolute atomic E-state index is 10.6. The molecule has 0 aliphatic carbocycles. The van der Waals surface area contributed by atoms with Crippen molar-refractivity contribution in [2.75, 3.05) is 5.43 Å². The molecule has 0 bridgehead atoms. The molecular weight excluding hydrogens is 350 g/mol. The van der Waals surface area contributed by atoms with E-state index < -0.39 is 4.92 Å². The van der Waals surface area contributed by atoms with Crippen LogP contribution in [0.1, 0.15) is 11.3 Å². The zero-order chi connectivity index (χ0) is 19.1. The van der Waals surface area contributed by atoms with Gasteiger partial charge in [0.15, 0.2) is 11.6 Å². The molecule has 0 saturated carbocycles. The number of pyridine rings is 1. The molecule has 0 saturated heterocycles. The summed E-state index contributed by atoms with van der Waals surface area (Å²) >= 11 is 0. The fourth-order valence-electron chi connectivity index (χ4n) is 1.91. The van der Waals surface area contributed by atoms with E-state index >= 15 is 0 Å². The molecule has 3 rings (SSSR count). The number of benzene rings is 1. The summed E-state index contributed by atoms with van der Waals surface area (Å²) in [6.45, 7) is 0. The molecular formula is C17H11N7O3. The summed E-state index contributed by atoms with van der Waals surface area (Å²) in [5.41, 5.74) is 3.83. The van der Waals surface area contributed by atoms with Crippen LogP contribution in [0.2, 0.25) is 0 Å². The first kappa shape index (κ1) is 17.4. The normalized spacial score (nSPS) is 11.3. The Hall–Kier alpha value is -4.39. The third-order valence-corrected chi connectivity index (χ3v) is 3.24. The first-order chi connectivity index (χ1) is 13.2. The second kappa shape index (κ2) is 8.13. The number of rotatable bonds is 5. The molecule has 0 aliphatic rings. The van der Waals surface area contributed by atoms with Crippen molar-refractivity contribution in [3.05, 3.63) is 82.4 Å². The van der Waals surface area contributed by atoms with E-state index in [1.165, 1.54) is 18.4 Å². The van der Waals surface area contributed by atoms with E-state index in [0.717, 1.165) is 6.20 Å². The number of nitriles is 1. The lowest BCUT2D eigenvalue weighted by atomic mass is 10.2. The molecule has 3 aromatic rings. The van der Waals surface area contributed by atoms with Gasteiger partial charge in [-0.15, -0.1) is 15.3 Å². The van der Waals surface area contributed by atoms with Gasteiger partial charge in [0.25, 0.3) is 5.69 Å². The first-order valence-electron chi connectivity index (χ1n) is 7.55. The zero-order valence-electron chi connectivity index (χ0n) is 13.7. The van der Waals surface area contributed by atoms with Crippen molar-refractivity contribution < 1.29 is 9.34 Å². The van der Waals surface area contributed by atoms with Gasteiger partial charge >= 0.3 is 0 Å². The lowest BCUT2D eigenvalue weighted by Crippen LogP contribution is -2.00. The Kier molecular flexibility index (Phi) is 5.25. The van der Waals surface area contributed by atoms with E-state index in [1.54, 1.807) is 36.4 Å². The van der Waals surface area contributed by atoms with Crippen molar-refractivity contribution >= 4 is 23.0 Å². The number of nitrogens with zero attached hydrogens (tertiary/aromatic N) is 6. The van der Waals surface area contributed by atoms with Gasteiger partial charge in [-0.1, -0.05) is 0 Å². The summed E-state index contributed by atoms with van der Waals surface area (Å²) < 4.78 is 5.28. The van der Waals surface area contributed by atoms with Gasteiger partial charge in [0.1, 0.15) is 6.20 Å². The maximum Gasteiger partial charge on any atom is 0.287 e. The first-order valence-corrected chi connectivity index (χ1v) is 7.55. The third kappa shape index (κ3) is 4.58. The lowest BCUT2D eigenvalue weighted by molar-refractivity contribution is -0.385. The number of hydrazone groups is 1. The van der Waals surface area contributed by atoms with E-state index in [0.29, 0.717) is 17.0 Å². The van der Waals surface area contributed by atoms with Crippen LogP contribution in [0.5, 0.6) is 0 Å². The average Bonchev–Trinajstić information content (AvgIpc) is 3.23. The molecule has 10 nitrogen and oxygen atoms in total. The molecule has 0 aliphatic heterocycles. The average molecular weight is 361 g/mol. The van der Waals surface area contributed by atoms with Gasteiger partial charge in [-0.05, 0) is 42.5 Å². The maximum atomic E-state index is 10.6. The van der Waals surface area contributed by atoms with Gasteiger partial charge in [-0.25, -0.2) is 4.98 Å². The topological polar surface area (TPSA) is 142 Å². The Balaban J connectivity index is 1.81. The summed E-state index contributed by atoms with van der Waals surface area (Å²) in [7, 11) is 0. The molecule has 0 unspecified atom stereocenters. The van der Waals surface area contributed by atoms with Gasteiger partial charge in [0.05, 0.1) is 28.5 Å². The Morgan fingerprint density at radius 1 is 1.22 bits per heavy atom. The van der Waals surface area contributed by atoms with E-state index in [2.05, 4.69) is 25.7 Å². The standard InChI is InChI=1S/C17H11N7O3/c18-10-12-3-5-13(6-4-12)20-22-17(15-2-1-9-27-15)23-21-16-8-7-14(11-19-16)24(25)26/h1-9,11,20H. The Morgan fingerprint density at radius 3 is 2.63 bits per heavy atom. The smallest absolute Gasteiger partial charge is 0.287 e. The van der Waals surface area contributed by atoms with Crippen LogP contribution in [0.4, 0.5) is 17.2 Å². The molecule has 27 heavy (non-hydrogen) atoms. The SMILES string of the molecule is N#Cc1ccc(NN=C(N=Nc2ccc([N+](=O)[O-])cn2)c2ccco2)cc1. The van der Waals surface area contributed by atoms with Crippen molar-refractivity contribution in [1.82, 2.24) is 4.98 Å². The van der Waals surface area contributed by atoms with Crippen molar-refractivity contribution in [3.63, 3.8) is 0 Å². The number of amidine groups is 1. The van der Waals surface area contributed by atoms with Gasteiger partial charge in [0.2, 0.25) is 5.84 Å². The van der Waals surface area contributed by atoms with Crippen LogP contribution < -0.4 is 5.43 Å². The molecule has 2 aromatic heterocycles. The van der Waals surface area contributed by atoms with E-state index in [9.17, 15) is 10.1 Å². The largest absolute Gasteiger partial charge is 0.461 e. The summed E-state index contributed by atoms with van der Waals surface area (Å²) in [5.74, 6) is 0.685. The quantitative estimate of drug-likeness (QED) is 0.239. The number of hydrogen-bond donors (Lipinski definition) is 1. The minimum absolute atomic E-state index is 0.142. The summed E-state index contributed by atoms with van der Waals surface area (Å²) in [6, 6.07) is 14.7. The van der Waals surface area contributed by atoms with Crippen molar-refractivity contribution in [3.8, 4) is 6.07 Å². The third-order valence-electron chi connectivity index (χ3n) is 3.24. The van der Waals surface area contributed by atoms with Crippen LogP contribution in [0.25, 0.3) is 0 Å². The summed E-state index contributed by atoms with van der Waals surface area (Å²) in [5, 5.41) is 31.5. The van der Waals surface area contributed by atoms with E-state index in [1.807, 2.05) is 6.07 Å². The van der Waals surface area contributed by atoms with Crippen LogP contribution in [0.3, 0.4) is 0 Å². The number of nitrogens with one attached hydrogen (secondary N) is 1. The summed E-state index contributed by atoms with van der Waals surface area (Å²) in [4.78, 5) is 13.9. The highest BCUT2D eigenvalue weighted by Crippen LogP contribution is 2.16. The fraction of sp³-hybridized carbons (Fsp3) is 0. The molecule has 2 heterocycles. The van der Waals surface area contributed by atoms with Crippen LogP contribution in [-0.2, 0) is 0 Å². The molecule has 10 heteroatoms. The highest BCUT2D eigenvalue weighted by atomic mass is 16.6. The second-order valence-electron chi connectivity index (χ2n) is 5.05. The highest BCUT2D eigenvalue weighted by Gasteiger charge is 2.08. The lowest BCUT2D eigenvalue weighted by Gasteiger charge is -2.01. The minimum atomic E-state index is -0.550. The monoisotopic (exact) mass is 361 g/mol. The molecule has 0 spiro atoms. The van der Waals surface area contributed by atoms with Gasteiger partial charge in [-0.2, -0.15) is 5.26 Å². The van der Waals surface area contributed by atoms with Crippen LogP contribution in [0.15, 0.2) is 80.7 Å². The Morgan fingerprint density at radius 2 is 2.04 bits per heavy atom. The molecule has 0 radical (unpaired) electrons. The van der Waals surface area contributed by atoms with E-state index in [-0.39, 0.29) is 17.3 Å².